The lowest BCUT2D eigenvalue weighted by atomic mass is 10.1. The van der Waals surface area contributed by atoms with Gasteiger partial charge in [-0.25, -0.2) is 9.97 Å². The average molecular weight is 385 g/mol. The van der Waals surface area contributed by atoms with E-state index in [9.17, 15) is 4.79 Å². The summed E-state index contributed by atoms with van der Waals surface area (Å²) in [5.74, 6) is -1.20. The molecule has 0 fully saturated rings. The highest BCUT2D eigenvalue weighted by Crippen LogP contribution is 2.19. The molecule has 0 aromatic carbocycles. The van der Waals surface area contributed by atoms with Gasteiger partial charge >= 0.3 is 0 Å². The number of aromatic nitrogens is 2. The van der Waals surface area contributed by atoms with Crippen molar-refractivity contribution in [3.8, 4) is 0 Å². The van der Waals surface area contributed by atoms with E-state index in [4.69, 9.17) is 45.7 Å². The monoisotopic (exact) mass is 384 g/mol. The van der Waals surface area contributed by atoms with Gasteiger partial charge in [0.25, 0.3) is 5.91 Å². The van der Waals surface area contributed by atoms with Crippen molar-refractivity contribution in [3.05, 3.63) is 10.8 Å². The number of nitrogen functional groups attached to an aromatic ring is 2. The fraction of sp³-hybridized carbons (Fsp3) is 0.500. The van der Waals surface area contributed by atoms with Crippen molar-refractivity contribution in [2.75, 3.05) is 24.6 Å². The Bertz CT molecular complexity index is 674. The number of nitrogens with two attached hydrogens (primary N) is 5. The minimum absolute atomic E-state index is 0.0733. The Morgan fingerprint density at radius 1 is 1.04 bits per heavy atom. The van der Waals surface area contributed by atoms with E-state index >= 15 is 0 Å². The van der Waals surface area contributed by atoms with Crippen LogP contribution < -0.4 is 28.7 Å². The summed E-state index contributed by atoms with van der Waals surface area (Å²) in [5.41, 5.74) is 27.0. The Labute approximate surface area is 156 Å². The fourth-order valence-corrected chi connectivity index (χ4v) is 2.31. The van der Waals surface area contributed by atoms with Gasteiger partial charge in [-0.2, -0.15) is 0 Å². The number of rotatable bonds is 9. The minimum atomic E-state index is -0.642. The number of carbonyl (C=O) groups is 1. The van der Waals surface area contributed by atoms with Crippen molar-refractivity contribution in [1.29, 1.82) is 5.41 Å². The van der Waals surface area contributed by atoms with Crippen molar-refractivity contribution in [1.82, 2.24) is 14.9 Å². The third-order valence-corrected chi connectivity index (χ3v) is 3.76. The molecule has 0 saturated carbocycles. The van der Waals surface area contributed by atoms with Crippen molar-refractivity contribution in [2.24, 2.45) is 22.2 Å². The summed E-state index contributed by atoms with van der Waals surface area (Å²) in [7, 11) is 0. The number of amides is 1. The summed E-state index contributed by atoms with van der Waals surface area (Å²) in [4.78, 5) is 25.1. The van der Waals surface area contributed by atoms with Crippen LogP contribution in [0.4, 0.5) is 11.6 Å². The molecule has 11 nitrogen and oxygen atoms in total. The van der Waals surface area contributed by atoms with Crippen molar-refractivity contribution in [2.45, 2.75) is 32.1 Å². The maximum Gasteiger partial charge on any atom is 0.283 e. The van der Waals surface area contributed by atoms with Crippen LogP contribution in [0.3, 0.4) is 0 Å². The normalized spacial score (nSPS) is 10.3. The second-order valence-electron chi connectivity index (χ2n) is 5.55. The highest BCUT2D eigenvalue weighted by molar-refractivity contribution is 6.31. The largest absolute Gasteiger partial charge is 0.382 e. The first-order chi connectivity index (χ1) is 12.2. The Balaban J connectivity index is 2.54. The van der Waals surface area contributed by atoms with Gasteiger partial charge in [0.1, 0.15) is 0 Å². The molecule has 1 amide bonds. The van der Waals surface area contributed by atoms with Crippen LogP contribution in [0.1, 0.15) is 42.6 Å². The summed E-state index contributed by atoms with van der Waals surface area (Å²) in [6.07, 6.45) is 4.28. The third kappa shape index (κ3) is 6.59. The van der Waals surface area contributed by atoms with Crippen LogP contribution in [0.15, 0.2) is 4.99 Å². The maximum absolute atomic E-state index is 12.5. The van der Waals surface area contributed by atoms with E-state index < -0.39 is 11.9 Å². The second-order valence-corrected chi connectivity index (χ2v) is 5.91. The Morgan fingerprint density at radius 3 is 2.27 bits per heavy atom. The number of hydrogen-bond donors (Lipinski definition) is 6. The van der Waals surface area contributed by atoms with Crippen LogP contribution in [0.25, 0.3) is 0 Å². The van der Waals surface area contributed by atoms with E-state index in [-0.39, 0.29) is 35.0 Å². The zero-order valence-corrected chi connectivity index (χ0v) is 15.2. The molecule has 0 unspecified atom stereocenters. The molecule has 0 aliphatic carbocycles. The number of unbranched alkanes of at least 4 members (excludes halogenated alkanes) is 4. The molecule has 0 saturated heterocycles. The first-order valence-corrected chi connectivity index (χ1v) is 8.41. The Kier molecular flexibility index (Phi) is 8.35. The predicted octanol–water partition coefficient (Wildman–Crippen LogP) is -0.146. The van der Waals surface area contributed by atoms with Gasteiger partial charge in [-0.15, -0.1) is 0 Å². The molecule has 1 aromatic rings. The Hall–Kier alpha value is -2.82. The molecule has 1 aromatic heterocycles. The Morgan fingerprint density at radius 2 is 1.65 bits per heavy atom. The molecule has 11 N–H and O–H groups in total. The smallest absolute Gasteiger partial charge is 0.283 e. The van der Waals surface area contributed by atoms with Gasteiger partial charge in [0.05, 0.1) is 0 Å². The maximum atomic E-state index is 12.5. The van der Waals surface area contributed by atoms with Crippen LogP contribution in [-0.4, -0.2) is 45.8 Å². The van der Waals surface area contributed by atoms with Crippen molar-refractivity contribution < 1.29 is 4.79 Å². The SMILES string of the molecule is N=C(N)N(CCCCCCCN=C(N)N)C(=O)c1nc(Cl)c(N)nc1N. The molecule has 144 valence electrons. The number of carbonyl (C=O) groups excluding carboxylic acids is 1. The second kappa shape index (κ2) is 10.2. The molecule has 12 heteroatoms. The summed E-state index contributed by atoms with van der Waals surface area (Å²) < 4.78 is 0. The zero-order chi connectivity index (χ0) is 19.7. The molecule has 1 rings (SSSR count). The van der Waals surface area contributed by atoms with Gasteiger partial charge < -0.3 is 28.7 Å². The summed E-state index contributed by atoms with van der Waals surface area (Å²) in [6, 6.07) is 0. The van der Waals surface area contributed by atoms with E-state index in [1.165, 1.54) is 0 Å². The first kappa shape index (κ1) is 21.2. The van der Waals surface area contributed by atoms with Crippen LogP contribution in [0.2, 0.25) is 5.15 Å². The molecule has 0 bridgehead atoms. The lowest BCUT2D eigenvalue weighted by molar-refractivity contribution is 0.0838. The number of anilines is 2. The van der Waals surface area contributed by atoms with Gasteiger partial charge in [-0.1, -0.05) is 30.9 Å². The number of nitrogens with one attached hydrogen (secondary N) is 1. The quantitative estimate of drug-likeness (QED) is 0.191. The summed E-state index contributed by atoms with van der Waals surface area (Å²) in [5, 5.41) is 7.47. The van der Waals surface area contributed by atoms with Gasteiger partial charge in [-0.05, 0) is 12.8 Å². The van der Waals surface area contributed by atoms with Crippen LogP contribution in [0.5, 0.6) is 0 Å². The molecule has 0 atom stereocenters. The highest BCUT2D eigenvalue weighted by Gasteiger charge is 2.23. The molecule has 0 radical (unpaired) electrons. The van der Waals surface area contributed by atoms with Gasteiger partial charge in [0.2, 0.25) is 0 Å². The zero-order valence-electron chi connectivity index (χ0n) is 14.4. The van der Waals surface area contributed by atoms with Crippen LogP contribution in [-0.2, 0) is 0 Å². The van der Waals surface area contributed by atoms with Crippen molar-refractivity contribution >= 4 is 41.1 Å². The van der Waals surface area contributed by atoms with Crippen LogP contribution >= 0.6 is 11.6 Å². The predicted molar refractivity (Wildman–Crippen MR) is 103 cm³/mol. The van der Waals surface area contributed by atoms with Gasteiger partial charge in [-0.3, -0.25) is 20.1 Å². The van der Waals surface area contributed by atoms with E-state index in [2.05, 4.69) is 15.0 Å². The molecular formula is C14H25ClN10O. The number of hydrogen-bond acceptors (Lipinski definition) is 7. The standard InChI is InChI=1S/C14H25ClN10O/c15-9-11(17)24-10(16)8(23-9)12(26)25(14(20)21)7-5-3-1-2-4-6-22-13(18)19/h1-7H2,(H3,20,21)(H4,16,17,24)(H4,18,19,22). The molecule has 0 aliphatic heterocycles. The number of guanidine groups is 2. The first-order valence-electron chi connectivity index (χ1n) is 8.03. The number of halogens is 1. The molecular weight excluding hydrogens is 360 g/mol. The lowest BCUT2D eigenvalue weighted by Gasteiger charge is -2.20. The van der Waals surface area contributed by atoms with E-state index in [0.29, 0.717) is 13.0 Å². The number of nitrogens with zero attached hydrogens (tertiary/aromatic N) is 4. The number of aliphatic imine (C=N–C) groups is 1. The summed E-state index contributed by atoms with van der Waals surface area (Å²) >= 11 is 5.79. The molecule has 0 spiro atoms. The molecule has 1 heterocycles. The lowest BCUT2D eigenvalue weighted by Crippen LogP contribution is -2.42. The fourth-order valence-electron chi connectivity index (χ4n) is 2.18. The van der Waals surface area contributed by atoms with Crippen molar-refractivity contribution in [3.63, 3.8) is 0 Å². The van der Waals surface area contributed by atoms with E-state index in [1.54, 1.807) is 0 Å². The van der Waals surface area contributed by atoms with Gasteiger partial charge in [0, 0.05) is 13.1 Å². The average Bonchev–Trinajstić information content (AvgIpc) is 2.55. The van der Waals surface area contributed by atoms with Gasteiger partial charge in [0.15, 0.2) is 34.4 Å². The third-order valence-electron chi connectivity index (χ3n) is 3.48. The summed E-state index contributed by atoms with van der Waals surface area (Å²) in [6.45, 7) is 0.849. The van der Waals surface area contributed by atoms with Crippen LogP contribution in [0, 0.1) is 5.41 Å². The molecule has 26 heavy (non-hydrogen) atoms. The van der Waals surface area contributed by atoms with E-state index in [0.717, 1.165) is 30.6 Å². The minimum Gasteiger partial charge on any atom is -0.382 e. The highest BCUT2D eigenvalue weighted by atomic mass is 35.5. The topological polar surface area (TPSA) is 212 Å². The molecule has 0 aliphatic rings. The van der Waals surface area contributed by atoms with E-state index in [1.807, 2.05) is 0 Å².